The lowest BCUT2D eigenvalue weighted by molar-refractivity contribution is -0.152. The van der Waals surface area contributed by atoms with Crippen LogP contribution in [0, 0.1) is 5.41 Å². The number of rotatable bonds is 1. The SMILES string of the molecule is CCOC(=O)C(C)(C)C.COC(=O)n1ccnc1. The normalized spacial score (nSPS) is 10.1. The summed E-state index contributed by atoms with van der Waals surface area (Å²) in [6, 6.07) is 0. The molecule has 1 heterocycles. The van der Waals surface area contributed by atoms with Gasteiger partial charge < -0.3 is 9.47 Å². The monoisotopic (exact) mass is 256 g/mol. The summed E-state index contributed by atoms with van der Waals surface area (Å²) in [5.74, 6) is -0.134. The molecule has 0 aromatic carbocycles. The Morgan fingerprint density at radius 1 is 1.33 bits per heavy atom. The molecule has 0 N–H and O–H groups in total. The molecule has 0 bridgehead atoms. The number of aromatic nitrogens is 2. The van der Waals surface area contributed by atoms with Crippen LogP contribution >= 0.6 is 0 Å². The van der Waals surface area contributed by atoms with Crippen LogP contribution in [-0.2, 0) is 14.3 Å². The fourth-order valence-corrected chi connectivity index (χ4v) is 0.820. The van der Waals surface area contributed by atoms with Crippen molar-refractivity contribution in [1.82, 2.24) is 9.55 Å². The molecule has 6 heteroatoms. The highest BCUT2D eigenvalue weighted by Gasteiger charge is 2.21. The van der Waals surface area contributed by atoms with Gasteiger partial charge in [-0.05, 0) is 27.7 Å². The molecule has 0 atom stereocenters. The predicted octanol–water partition coefficient (Wildman–Crippen LogP) is 2.09. The largest absolute Gasteiger partial charge is 0.466 e. The van der Waals surface area contributed by atoms with Gasteiger partial charge in [-0.2, -0.15) is 0 Å². The maximum Gasteiger partial charge on any atom is 0.418 e. The highest BCUT2D eigenvalue weighted by atomic mass is 16.5. The number of hydrogen-bond donors (Lipinski definition) is 0. The van der Waals surface area contributed by atoms with Crippen molar-refractivity contribution in [3.8, 4) is 0 Å². The first-order chi connectivity index (χ1) is 8.32. The second-order valence-electron chi connectivity index (χ2n) is 4.41. The fraction of sp³-hybridized carbons (Fsp3) is 0.583. The van der Waals surface area contributed by atoms with Gasteiger partial charge in [-0.15, -0.1) is 0 Å². The van der Waals surface area contributed by atoms with Crippen LogP contribution in [0.5, 0.6) is 0 Å². The Hall–Kier alpha value is -1.85. The lowest BCUT2D eigenvalue weighted by atomic mass is 9.97. The van der Waals surface area contributed by atoms with E-state index in [0.717, 1.165) is 0 Å². The quantitative estimate of drug-likeness (QED) is 0.719. The molecule has 0 radical (unpaired) electrons. The van der Waals surface area contributed by atoms with E-state index in [0.29, 0.717) is 6.61 Å². The molecule has 0 spiro atoms. The zero-order valence-corrected chi connectivity index (χ0v) is 11.5. The number of hydrogen-bond acceptors (Lipinski definition) is 5. The van der Waals surface area contributed by atoms with Crippen molar-refractivity contribution < 1.29 is 19.1 Å². The maximum absolute atomic E-state index is 10.8. The Bertz CT molecular complexity index is 366. The molecule has 0 aliphatic carbocycles. The van der Waals surface area contributed by atoms with Gasteiger partial charge in [0.25, 0.3) is 0 Å². The molecule has 0 aliphatic rings. The van der Waals surface area contributed by atoms with Gasteiger partial charge in [0.1, 0.15) is 6.33 Å². The van der Waals surface area contributed by atoms with Gasteiger partial charge in [0.15, 0.2) is 0 Å². The summed E-state index contributed by atoms with van der Waals surface area (Å²) < 4.78 is 10.4. The summed E-state index contributed by atoms with van der Waals surface area (Å²) in [5.41, 5.74) is -0.351. The smallest absolute Gasteiger partial charge is 0.418 e. The summed E-state index contributed by atoms with van der Waals surface area (Å²) >= 11 is 0. The van der Waals surface area contributed by atoms with Gasteiger partial charge in [-0.25, -0.2) is 14.3 Å². The van der Waals surface area contributed by atoms with Crippen molar-refractivity contribution in [2.45, 2.75) is 27.7 Å². The molecule has 1 aromatic rings. The van der Waals surface area contributed by atoms with E-state index < -0.39 is 6.09 Å². The molecule has 0 saturated heterocycles. The van der Waals surface area contributed by atoms with Crippen LogP contribution in [0.25, 0.3) is 0 Å². The summed E-state index contributed by atoms with van der Waals surface area (Å²) in [6.45, 7) is 7.79. The number of carbonyl (C=O) groups excluding carboxylic acids is 2. The lowest BCUT2D eigenvalue weighted by Crippen LogP contribution is -2.22. The second-order valence-corrected chi connectivity index (χ2v) is 4.41. The molecule has 0 aliphatic heterocycles. The third kappa shape index (κ3) is 6.03. The van der Waals surface area contributed by atoms with Crippen molar-refractivity contribution in [1.29, 1.82) is 0 Å². The van der Waals surface area contributed by atoms with Crippen molar-refractivity contribution in [3.05, 3.63) is 18.7 Å². The van der Waals surface area contributed by atoms with E-state index in [-0.39, 0.29) is 11.4 Å². The number of esters is 1. The van der Waals surface area contributed by atoms with E-state index >= 15 is 0 Å². The van der Waals surface area contributed by atoms with Gasteiger partial charge in [0, 0.05) is 12.4 Å². The summed E-state index contributed by atoms with van der Waals surface area (Å²) in [5, 5.41) is 0. The second kappa shape index (κ2) is 7.47. The minimum absolute atomic E-state index is 0.134. The zero-order valence-electron chi connectivity index (χ0n) is 11.5. The minimum atomic E-state index is -0.424. The number of methoxy groups -OCH3 is 1. The van der Waals surface area contributed by atoms with Crippen LogP contribution in [-0.4, -0.2) is 35.3 Å². The highest BCUT2D eigenvalue weighted by molar-refractivity contribution is 5.75. The average molecular weight is 256 g/mol. The van der Waals surface area contributed by atoms with Gasteiger partial charge >= 0.3 is 12.1 Å². The number of imidazole rings is 1. The molecule has 0 amide bonds. The summed E-state index contributed by atoms with van der Waals surface area (Å²) in [7, 11) is 1.32. The van der Waals surface area contributed by atoms with Crippen LogP contribution in [0.1, 0.15) is 27.7 Å². The molecule has 0 fully saturated rings. The molecule has 0 unspecified atom stereocenters. The van der Waals surface area contributed by atoms with Gasteiger partial charge in [0.05, 0.1) is 19.1 Å². The van der Waals surface area contributed by atoms with E-state index in [1.54, 1.807) is 0 Å². The van der Waals surface area contributed by atoms with Crippen LogP contribution in [0.4, 0.5) is 4.79 Å². The minimum Gasteiger partial charge on any atom is -0.466 e. The van der Waals surface area contributed by atoms with Gasteiger partial charge in [0.2, 0.25) is 0 Å². The number of ether oxygens (including phenoxy) is 2. The Kier molecular flexibility index (Phi) is 6.70. The molecule has 6 nitrogen and oxygen atoms in total. The van der Waals surface area contributed by atoms with Crippen LogP contribution in [0.3, 0.4) is 0 Å². The summed E-state index contributed by atoms with van der Waals surface area (Å²) in [4.78, 5) is 25.1. The third-order valence-corrected chi connectivity index (χ3v) is 1.78. The Balaban J connectivity index is 0.000000321. The molecule has 102 valence electrons. The van der Waals surface area contributed by atoms with E-state index in [1.165, 1.54) is 30.4 Å². The lowest BCUT2D eigenvalue weighted by Gasteiger charge is -2.14. The summed E-state index contributed by atoms with van der Waals surface area (Å²) in [6.07, 6.45) is 3.99. The molecule has 1 rings (SSSR count). The van der Waals surface area contributed by atoms with Crippen LogP contribution in [0.2, 0.25) is 0 Å². The highest BCUT2D eigenvalue weighted by Crippen LogP contribution is 2.14. The van der Waals surface area contributed by atoms with Crippen molar-refractivity contribution in [2.24, 2.45) is 5.41 Å². The first kappa shape index (κ1) is 16.1. The van der Waals surface area contributed by atoms with Crippen LogP contribution < -0.4 is 0 Å². The molecular formula is C12H20N2O4. The first-order valence-electron chi connectivity index (χ1n) is 5.56. The Labute approximate surface area is 107 Å². The molecule has 0 saturated carbocycles. The van der Waals surface area contributed by atoms with E-state index in [9.17, 15) is 9.59 Å². The number of nitrogens with zero attached hydrogens (tertiary/aromatic N) is 2. The fourth-order valence-electron chi connectivity index (χ4n) is 0.820. The van der Waals surface area contributed by atoms with Crippen LogP contribution in [0.15, 0.2) is 18.7 Å². The predicted molar refractivity (Wildman–Crippen MR) is 66.1 cm³/mol. The third-order valence-electron chi connectivity index (χ3n) is 1.78. The van der Waals surface area contributed by atoms with Gasteiger partial charge in [-0.1, -0.05) is 0 Å². The van der Waals surface area contributed by atoms with Crippen molar-refractivity contribution in [2.75, 3.05) is 13.7 Å². The topological polar surface area (TPSA) is 70.4 Å². The van der Waals surface area contributed by atoms with Crippen molar-refractivity contribution in [3.63, 3.8) is 0 Å². The molecular weight excluding hydrogens is 236 g/mol. The Morgan fingerprint density at radius 3 is 2.22 bits per heavy atom. The van der Waals surface area contributed by atoms with E-state index in [1.807, 2.05) is 27.7 Å². The van der Waals surface area contributed by atoms with Crippen molar-refractivity contribution >= 4 is 12.1 Å². The maximum atomic E-state index is 10.8. The van der Waals surface area contributed by atoms with E-state index in [2.05, 4.69) is 9.72 Å². The standard InChI is InChI=1S/C7H14O2.C5H6N2O2/c1-5-9-6(8)7(2,3)4;1-9-5(8)7-3-2-6-4-7/h5H2,1-4H3;2-4H,1H3. The molecule has 1 aromatic heterocycles. The number of carbonyl (C=O) groups is 2. The Morgan fingerprint density at radius 2 is 1.94 bits per heavy atom. The van der Waals surface area contributed by atoms with E-state index in [4.69, 9.17) is 4.74 Å². The average Bonchev–Trinajstić information content (AvgIpc) is 2.81. The van der Waals surface area contributed by atoms with Gasteiger partial charge in [-0.3, -0.25) is 4.79 Å². The first-order valence-corrected chi connectivity index (χ1v) is 5.56. The zero-order chi connectivity index (χ0) is 14.2. The molecule has 18 heavy (non-hydrogen) atoms.